The van der Waals surface area contributed by atoms with E-state index in [1.807, 2.05) is 23.4 Å². The van der Waals surface area contributed by atoms with E-state index in [-0.39, 0.29) is 23.5 Å². The van der Waals surface area contributed by atoms with Crippen LogP contribution in [-0.2, 0) is 43.5 Å². The van der Waals surface area contributed by atoms with Gasteiger partial charge >= 0.3 is 0 Å². The smallest absolute Gasteiger partial charge is 0.228 e. The molecule has 162 valence electrons. The number of carbonyl (C=O) groups excluding carboxylic acids is 1. The molecule has 0 aliphatic carbocycles. The van der Waals surface area contributed by atoms with E-state index < -0.39 is 0 Å². The van der Waals surface area contributed by atoms with Crippen molar-refractivity contribution >= 4 is 5.91 Å². The van der Waals surface area contributed by atoms with Crippen molar-refractivity contribution in [1.29, 1.82) is 0 Å². The maximum Gasteiger partial charge on any atom is 0.228 e. The van der Waals surface area contributed by atoms with Crippen LogP contribution in [0.3, 0.4) is 0 Å². The molecule has 1 unspecified atom stereocenters. The first-order valence-corrected chi connectivity index (χ1v) is 10.7. The monoisotopic (exact) mass is 408 g/mol. The summed E-state index contributed by atoms with van der Waals surface area (Å²) < 4.78 is 24.8. The number of nitrogens with zero attached hydrogens (tertiary/aromatic N) is 4. The maximum atomic E-state index is 12.6. The van der Waals surface area contributed by atoms with Gasteiger partial charge in [-0.25, -0.2) is 4.68 Å². The van der Waals surface area contributed by atoms with Crippen molar-refractivity contribution in [2.45, 2.75) is 64.6 Å². The number of carbonyl (C=O) groups is 1. The summed E-state index contributed by atoms with van der Waals surface area (Å²) in [6.45, 7) is 9.41. The highest BCUT2D eigenvalue weighted by Gasteiger charge is 2.42. The molecule has 2 fully saturated rings. The minimum absolute atomic E-state index is 0.0340. The Morgan fingerprint density at radius 3 is 2.86 bits per heavy atom. The molecule has 1 amide bonds. The van der Waals surface area contributed by atoms with Gasteiger partial charge in [0.1, 0.15) is 5.69 Å². The zero-order chi connectivity index (χ0) is 20.3. The summed E-state index contributed by atoms with van der Waals surface area (Å²) in [7, 11) is 0. The number of hydrogen-bond acceptors (Lipinski definition) is 7. The van der Waals surface area contributed by atoms with E-state index in [2.05, 4.69) is 10.3 Å². The van der Waals surface area contributed by atoms with Crippen LogP contribution in [0.15, 0.2) is 0 Å². The number of likely N-dealkylation sites (tertiary alicyclic amines) is 1. The molecule has 0 N–H and O–H groups in total. The van der Waals surface area contributed by atoms with Gasteiger partial charge < -0.3 is 23.8 Å². The third-order valence-electron chi connectivity index (χ3n) is 6.05. The van der Waals surface area contributed by atoms with Gasteiger partial charge in [-0.3, -0.25) is 4.79 Å². The fraction of sp³-hybridized carbons (Fsp3) is 0.850. The second-order valence-corrected chi connectivity index (χ2v) is 8.47. The summed E-state index contributed by atoms with van der Waals surface area (Å²) in [4.78, 5) is 14.6. The molecule has 3 aliphatic heterocycles. The average molecular weight is 408 g/mol. The standard InChI is InChI=1S/C20H32N4O5/c1-15(2)28-10-9-27-12-17-18-13-29-20(14-24(18)22-21-17)4-6-23(7-5-20)19(25)16-3-8-26-11-16/h15-16H,3-14H2,1-2H3. The summed E-state index contributed by atoms with van der Waals surface area (Å²) in [5, 5.41) is 8.62. The van der Waals surface area contributed by atoms with Crippen molar-refractivity contribution in [2.24, 2.45) is 5.92 Å². The molecule has 1 aromatic rings. The van der Waals surface area contributed by atoms with Crippen molar-refractivity contribution in [2.75, 3.05) is 39.5 Å². The van der Waals surface area contributed by atoms with Gasteiger partial charge in [-0.05, 0) is 33.1 Å². The zero-order valence-corrected chi connectivity index (χ0v) is 17.5. The molecular formula is C20H32N4O5. The molecule has 0 saturated carbocycles. The summed E-state index contributed by atoms with van der Waals surface area (Å²) in [5.74, 6) is 0.266. The number of piperidine rings is 1. The lowest BCUT2D eigenvalue weighted by Gasteiger charge is -2.44. The highest BCUT2D eigenvalue weighted by Crippen LogP contribution is 2.34. The van der Waals surface area contributed by atoms with Crippen LogP contribution in [0, 0.1) is 5.92 Å². The van der Waals surface area contributed by atoms with Crippen LogP contribution >= 0.6 is 0 Å². The number of ether oxygens (including phenoxy) is 4. The van der Waals surface area contributed by atoms with Gasteiger partial charge in [0.25, 0.3) is 0 Å². The van der Waals surface area contributed by atoms with Gasteiger partial charge in [0, 0.05) is 19.7 Å². The highest BCUT2D eigenvalue weighted by atomic mass is 16.5. The largest absolute Gasteiger partial charge is 0.381 e. The topological polar surface area (TPSA) is 87.9 Å². The van der Waals surface area contributed by atoms with Crippen molar-refractivity contribution < 1.29 is 23.7 Å². The van der Waals surface area contributed by atoms with E-state index >= 15 is 0 Å². The average Bonchev–Trinajstić information content (AvgIpc) is 3.38. The molecular weight excluding hydrogens is 376 g/mol. The van der Waals surface area contributed by atoms with E-state index in [0.29, 0.717) is 46.2 Å². The second-order valence-electron chi connectivity index (χ2n) is 8.47. The lowest BCUT2D eigenvalue weighted by molar-refractivity contribution is -0.149. The van der Waals surface area contributed by atoms with E-state index in [1.165, 1.54) is 0 Å². The second kappa shape index (κ2) is 9.07. The third-order valence-corrected chi connectivity index (χ3v) is 6.05. The van der Waals surface area contributed by atoms with Gasteiger partial charge in [-0.1, -0.05) is 5.21 Å². The van der Waals surface area contributed by atoms with Crippen molar-refractivity contribution in [3.8, 4) is 0 Å². The summed E-state index contributed by atoms with van der Waals surface area (Å²) in [5.41, 5.74) is 1.56. The van der Waals surface area contributed by atoms with Crippen LogP contribution in [0.2, 0.25) is 0 Å². The lowest BCUT2D eigenvalue weighted by Crippen LogP contribution is -2.53. The summed E-state index contributed by atoms with van der Waals surface area (Å²) in [6.07, 6.45) is 2.69. The third kappa shape index (κ3) is 4.79. The van der Waals surface area contributed by atoms with Crippen LogP contribution in [-0.4, -0.2) is 77.0 Å². The molecule has 29 heavy (non-hydrogen) atoms. The first-order chi connectivity index (χ1) is 14.1. The molecule has 3 aliphatic rings. The number of fused-ring (bicyclic) bond motifs is 1. The Morgan fingerprint density at radius 2 is 2.14 bits per heavy atom. The van der Waals surface area contributed by atoms with E-state index in [4.69, 9.17) is 18.9 Å². The first-order valence-electron chi connectivity index (χ1n) is 10.7. The Balaban J connectivity index is 1.27. The van der Waals surface area contributed by atoms with Gasteiger partial charge in [0.2, 0.25) is 5.91 Å². The van der Waals surface area contributed by atoms with E-state index in [9.17, 15) is 4.79 Å². The van der Waals surface area contributed by atoms with Crippen LogP contribution in [0.1, 0.15) is 44.5 Å². The van der Waals surface area contributed by atoms with E-state index in [1.54, 1.807) is 0 Å². The normalized spacial score (nSPS) is 23.7. The van der Waals surface area contributed by atoms with Crippen molar-refractivity contribution in [3.05, 3.63) is 11.4 Å². The zero-order valence-electron chi connectivity index (χ0n) is 17.5. The van der Waals surface area contributed by atoms with Gasteiger partial charge in [0.05, 0.1) is 62.9 Å². The molecule has 0 aromatic carbocycles. The molecule has 1 aromatic heterocycles. The Labute approximate surface area is 171 Å². The molecule has 4 rings (SSSR count). The quantitative estimate of drug-likeness (QED) is 0.625. The minimum atomic E-state index is -0.257. The van der Waals surface area contributed by atoms with E-state index in [0.717, 1.165) is 43.7 Å². The van der Waals surface area contributed by atoms with Crippen molar-refractivity contribution in [1.82, 2.24) is 19.9 Å². The molecule has 0 bridgehead atoms. The van der Waals surface area contributed by atoms with Crippen LogP contribution in [0.25, 0.3) is 0 Å². The highest BCUT2D eigenvalue weighted by molar-refractivity contribution is 5.79. The maximum absolute atomic E-state index is 12.6. The minimum Gasteiger partial charge on any atom is -0.381 e. The molecule has 1 atom stereocenters. The number of amides is 1. The Kier molecular flexibility index (Phi) is 6.48. The summed E-state index contributed by atoms with van der Waals surface area (Å²) in [6, 6.07) is 0. The molecule has 0 radical (unpaired) electrons. The predicted molar refractivity (Wildman–Crippen MR) is 103 cm³/mol. The van der Waals surface area contributed by atoms with Gasteiger partial charge in [-0.2, -0.15) is 0 Å². The molecule has 2 saturated heterocycles. The number of aromatic nitrogens is 3. The molecule has 9 nitrogen and oxygen atoms in total. The van der Waals surface area contributed by atoms with Crippen molar-refractivity contribution in [3.63, 3.8) is 0 Å². The number of hydrogen-bond donors (Lipinski definition) is 0. The van der Waals surface area contributed by atoms with Crippen LogP contribution in [0.5, 0.6) is 0 Å². The Morgan fingerprint density at radius 1 is 1.31 bits per heavy atom. The molecule has 9 heteroatoms. The lowest BCUT2D eigenvalue weighted by atomic mass is 9.89. The van der Waals surface area contributed by atoms with Crippen LogP contribution < -0.4 is 0 Å². The fourth-order valence-corrected chi connectivity index (χ4v) is 4.24. The number of rotatable bonds is 7. The Hall–Kier alpha value is -1.55. The predicted octanol–water partition coefficient (Wildman–Crippen LogP) is 1.15. The van der Waals surface area contributed by atoms with Gasteiger partial charge in [0.15, 0.2) is 0 Å². The fourth-order valence-electron chi connectivity index (χ4n) is 4.24. The SMILES string of the molecule is CC(C)OCCOCc1nnn2c1COC1(CCN(C(=O)C3CCOC3)CC1)C2. The Bertz CT molecular complexity index is 693. The first kappa shape index (κ1) is 20.7. The molecule has 4 heterocycles. The van der Waals surface area contributed by atoms with Gasteiger partial charge in [-0.15, -0.1) is 5.10 Å². The molecule has 1 spiro atoms. The van der Waals surface area contributed by atoms with Crippen LogP contribution in [0.4, 0.5) is 0 Å². The summed E-state index contributed by atoms with van der Waals surface area (Å²) >= 11 is 0.